The lowest BCUT2D eigenvalue weighted by Crippen LogP contribution is -2.18. The van der Waals surface area contributed by atoms with E-state index in [1.165, 1.54) is 30.3 Å². The van der Waals surface area contributed by atoms with E-state index in [4.69, 9.17) is 5.11 Å². The molecule has 0 radical (unpaired) electrons. The van der Waals surface area contributed by atoms with Crippen molar-refractivity contribution < 1.29 is 24.7 Å². The van der Waals surface area contributed by atoms with Crippen LogP contribution in [0.1, 0.15) is 20.7 Å². The number of nitrogens with one attached hydrogen (secondary N) is 1. The molecule has 0 saturated heterocycles. The van der Waals surface area contributed by atoms with Gasteiger partial charge in [0.2, 0.25) is 0 Å². The Kier molecular flexibility index (Phi) is 4.03. The first-order chi connectivity index (χ1) is 10.4. The third-order valence-corrected chi connectivity index (χ3v) is 2.80. The highest BCUT2D eigenvalue weighted by molar-refractivity contribution is 6.13. The summed E-state index contributed by atoms with van der Waals surface area (Å²) in [6.45, 7) is 0. The van der Waals surface area contributed by atoms with Crippen LogP contribution in [0.5, 0.6) is 5.75 Å². The normalized spacial score (nSPS) is 10.0. The maximum absolute atomic E-state index is 12.2. The molecule has 0 aliphatic heterocycles. The van der Waals surface area contributed by atoms with Crippen LogP contribution >= 0.6 is 0 Å². The molecule has 22 heavy (non-hydrogen) atoms. The average Bonchev–Trinajstić information content (AvgIpc) is 2.46. The summed E-state index contributed by atoms with van der Waals surface area (Å²) in [7, 11) is 0. The second-order valence-corrected chi connectivity index (χ2v) is 4.27. The van der Waals surface area contributed by atoms with Gasteiger partial charge in [0.05, 0.1) is 10.5 Å². The number of rotatable bonds is 4. The van der Waals surface area contributed by atoms with Crippen molar-refractivity contribution in [3.05, 3.63) is 63.7 Å². The summed E-state index contributed by atoms with van der Waals surface area (Å²) >= 11 is 0. The second-order valence-electron chi connectivity index (χ2n) is 4.27. The van der Waals surface area contributed by atoms with Gasteiger partial charge in [-0.2, -0.15) is 0 Å². The Morgan fingerprint density at radius 2 is 1.82 bits per heavy atom. The number of hydrogen-bond donors (Lipinski definition) is 3. The zero-order valence-electron chi connectivity index (χ0n) is 11.0. The molecule has 0 saturated carbocycles. The number of nitro groups is 1. The van der Waals surface area contributed by atoms with E-state index in [1.54, 1.807) is 0 Å². The van der Waals surface area contributed by atoms with Crippen molar-refractivity contribution in [1.82, 2.24) is 0 Å². The van der Waals surface area contributed by atoms with Gasteiger partial charge >= 0.3 is 5.97 Å². The number of benzene rings is 2. The van der Waals surface area contributed by atoms with E-state index in [0.717, 1.165) is 12.1 Å². The molecule has 0 bridgehead atoms. The standard InChI is InChI=1S/C14H10N2O6/c17-9-4-1-3-8(7-9)15-13(18)12-10(14(19)20)5-2-6-11(12)16(21)22/h1-7,17H,(H,15,18)(H,19,20). The summed E-state index contributed by atoms with van der Waals surface area (Å²) in [4.78, 5) is 33.6. The number of carboxylic acids is 1. The van der Waals surface area contributed by atoms with Gasteiger partial charge < -0.3 is 15.5 Å². The fourth-order valence-electron chi connectivity index (χ4n) is 1.89. The number of aromatic hydroxyl groups is 1. The average molecular weight is 302 g/mol. The van der Waals surface area contributed by atoms with Crippen LogP contribution in [0.2, 0.25) is 0 Å². The lowest BCUT2D eigenvalue weighted by molar-refractivity contribution is -0.385. The quantitative estimate of drug-likeness (QED) is 0.586. The lowest BCUT2D eigenvalue weighted by Gasteiger charge is -2.08. The van der Waals surface area contributed by atoms with Gasteiger partial charge in [0.25, 0.3) is 11.6 Å². The van der Waals surface area contributed by atoms with Gasteiger partial charge in [0, 0.05) is 17.8 Å². The van der Waals surface area contributed by atoms with Gasteiger partial charge in [-0.25, -0.2) is 4.79 Å². The van der Waals surface area contributed by atoms with Gasteiger partial charge in [-0.3, -0.25) is 14.9 Å². The summed E-state index contributed by atoms with van der Waals surface area (Å²) in [6, 6.07) is 8.86. The smallest absolute Gasteiger partial charge is 0.336 e. The van der Waals surface area contributed by atoms with E-state index >= 15 is 0 Å². The van der Waals surface area contributed by atoms with Crippen LogP contribution < -0.4 is 5.32 Å². The van der Waals surface area contributed by atoms with E-state index in [1.807, 2.05) is 0 Å². The molecule has 3 N–H and O–H groups in total. The highest BCUT2D eigenvalue weighted by Crippen LogP contribution is 2.24. The molecule has 2 aromatic carbocycles. The molecule has 0 atom stereocenters. The SMILES string of the molecule is O=C(O)c1cccc([N+](=O)[O-])c1C(=O)Nc1cccc(O)c1. The van der Waals surface area contributed by atoms with Crippen LogP contribution in [-0.2, 0) is 0 Å². The monoisotopic (exact) mass is 302 g/mol. The molecule has 0 unspecified atom stereocenters. The maximum Gasteiger partial charge on any atom is 0.336 e. The van der Waals surface area contributed by atoms with Crippen LogP contribution in [0, 0.1) is 10.1 Å². The molecule has 8 nitrogen and oxygen atoms in total. The fourth-order valence-corrected chi connectivity index (χ4v) is 1.89. The number of anilines is 1. The molecule has 8 heteroatoms. The van der Waals surface area contributed by atoms with Gasteiger partial charge in [0.15, 0.2) is 0 Å². The van der Waals surface area contributed by atoms with Crippen molar-refractivity contribution in [1.29, 1.82) is 0 Å². The van der Waals surface area contributed by atoms with Crippen LogP contribution in [0.4, 0.5) is 11.4 Å². The number of amides is 1. The van der Waals surface area contributed by atoms with Crippen molar-refractivity contribution in [2.75, 3.05) is 5.32 Å². The number of phenols is 1. The number of nitro benzene ring substituents is 1. The maximum atomic E-state index is 12.2. The van der Waals surface area contributed by atoms with E-state index < -0.39 is 33.6 Å². The third-order valence-electron chi connectivity index (χ3n) is 2.80. The Bertz CT molecular complexity index is 739. The van der Waals surface area contributed by atoms with E-state index in [0.29, 0.717) is 0 Å². The first-order valence-electron chi connectivity index (χ1n) is 6.01. The van der Waals surface area contributed by atoms with Crippen molar-refractivity contribution >= 4 is 23.3 Å². The minimum Gasteiger partial charge on any atom is -0.508 e. The number of aromatic carboxylic acids is 1. The fraction of sp³-hybridized carbons (Fsp3) is 0. The molecular weight excluding hydrogens is 292 g/mol. The molecular formula is C14H10N2O6. The molecule has 2 aromatic rings. The Balaban J connectivity index is 2.48. The molecule has 0 aliphatic rings. The van der Waals surface area contributed by atoms with Crippen molar-refractivity contribution in [3.8, 4) is 5.75 Å². The predicted octanol–water partition coefficient (Wildman–Crippen LogP) is 2.25. The number of carboxylic acid groups (broad SMARTS) is 1. The first-order valence-corrected chi connectivity index (χ1v) is 6.01. The van der Waals surface area contributed by atoms with Crippen molar-refractivity contribution in [2.24, 2.45) is 0 Å². The van der Waals surface area contributed by atoms with E-state index in [2.05, 4.69) is 5.32 Å². The molecule has 112 valence electrons. The lowest BCUT2D eigenvalue weighted by atomic mass is 10.0. The number of phenolic OH excluding ortho intramolecular Hbond substituents is 1. The zero-order valence-corrected chi connectivity index (χ0v) is 11.0. The minimum absolute atomic E-state index is 0.112. The van der Waals surface area contributed by atoms with Crippen molar-refractivity contribution in [2.45, 2.75) is 0 Å². The van der Waals surface area contributed by atoms with Gasteiger partial charge in [-0.1, -0.05) is 12.1 Å². The Labute approximate surface area is 123 Å². The zero-order chi connectivity index (χ0) is 16.3. The molecule has 0 aromatic heterocycles. The summed E-state index contributed by atoms with van der Waals surface area (Å²) in [5.74, 6) is -2.51. The summed E-state index contributed by atoms with van der Waals surface area (Å²) < 4.78 is 0. The minimum atomic E-state index is -1.45. The molecule has 0 aliphatic carbocycles. The molecule has 2 rings (SSSR count). The molecule has 0 heterocycles. The van der Waals surface area contributed by atoms with E-state index in [9.17, 15) is 24.8 Å². The highest BCUT2D eigenvalue weighted by Gasteiger charge is 2.27. The number of nitrogens with zero attached hydrogens (tertiary/aromatic N) is 1. The predicted molar refractivity (Wildman–Crippen MR) is 76.1 cm³/mol. The van der Waals surface area contributed by atoms with E-state index in [-0.39, 0.29) is 11.4 Å². The van der Waals surface area contributed by atoms with Crippen LogP contribution in [-0.4, -0.2) is 27.0 Å². The van der Waals surface area contributed by atoms with Gasteiger partial charge in [-0.05, 0) is 18.2 Å². The van der Waals surface area contributed by atoms with Crippen molar-refractivity contribution in [3.63, 3.8) is 0 Å². The molecule has 0 fully saturated rings. The van der Waals surface area contributed by atoms with Crippen LogP contribution in [0.3, 0.4) is 0 Å². The van der Waals surface area contributed by atoms with Crippen LogP contribution in [0.25, 0.3) is 0 Å². The number of hydrogen-bond acceptors (Lipinski definition) is 5. The number of carbonyl (C=O) groups is 2. The number of carbonyl (C=O) groups excluding carboxylic acids is 1. The van der Waals surface area contributed by atoms with Gasteiger partial charge in [0.1, 0.15) is 11.3 Å². The Hall–Kier alpha value is -3.42. The summed E-state index contributed by atoms with van der Waals surface area (Å²) in [5.41, 5.74) is -1.47. The van der Waals surface area contributed by atoms with Gasteiger partial charge in [-0.15, -0.1) is 0 Å². The Morgan fingerprint density at radius 3 is 2.41 bits per heavy atom. The first kappa shape index (κ1) is 15.0. The largest absolute Gasteiger partial charge is 0.508 e. The molecule has 0 spiro atoms. The summed E-state index contributed by atoms with van der Waals surface area (Å²) in [6.07, 6.45) is 0. The molecule has 1 amide bonds. The summed E-state index contributed by atoms with van der Waals surface area (Å²) in [5, 5.41) is 31.7. The second kappa shape index (κ2) is 5.92. The highest BCUT2D eigenvalue weighted by atomic mass is 16.6. The Morgan fingerprint density at radius 1 is 1.14 bits per heavy atom. The third kappa shape index (κ3) is 3.01. The topological polar surface area (TPSA) is 130 Å². The van der Waals surface area contributed by atoms with Crippen LogP contribution in [0.15, 0.2) is 42.5 Å².